The number of halogens is 2. The van der Waals surface area contributed by atoms with E-state index in [1.165, 1.54) is 6.07 Å². The molecule has 0 saturated heterocycles. The minimum atomic E-state index is -0.217. The first kappa shape index (κ1) is 16.0. The Labute approximate surface area is 133 Å². The third-order valence-corrected chi connectivity index (χ3v) is 4.09. The Morgan fingerprint density at radius 3 is 2.62 bits per heavy atom. The molecule has 0 fully saturated rings. The molecule has 1 atom stereocenters. The summed E-state index contributed by atoms with van der Waals surface area (Å²) in [5.74, 6) is 0.566. The minimum absolute atomic E-state index is 0.0482. The maximum atomic E-state index is 13.6. The first-order valence-electron chi connectivity index (χ1n) is 6.89. The molecule has 0 amide bonds. The van der Waals surface area contributed by atoms with Crippen molar-refractivity contribution >= 4 is 15.9 Å². The highest BCUT2D eigenvalue weighted by atomic mass is 79.9. The Hall–Kier alpha value is -1.39. The van der Waals surface area contributed by atoms with Crippen LogP contribution in [0.5, 0.6) is 5.75 Å². The molecule has 0 aliphatic rings. The van der Waals surface area contributed by atoms with Crippen LogP contribution in [0.1, 0.15) is 29.7 Å². The predicted molar refractivity (Wildman–Crippen MR) is 87.4 cm³/mol. The van der Waals surface area contributed by atoms with E-state index in [4.69, 9.17) is 4.74 Å². The average molecular weight is 352 g/mol. The van der Waals surface area contributed by atoms with Crippen LogP contribution in [0, 0.1) is 12.7 Å². The number of ether oxygens (including phenoxy) is 1. The molecule has 21 heavy (non-hydrogen) atoms. The highest BCUT2D eigenvalue weighted by Gasteiger charge is 2.17. The monoisotopic (exact) mass is 351 g/mol. The van der Waals surface area contributed by atoms with E-state index >= 15 is 0 Å². The molecule has 2 rings (SSSR count). The summed E-state index contributed by atoms with van der Waals surface area (Å²) in [5.41, 5.74) is 3.08. The van der Waals surface area contributed by atoms with Gasteiger partial charge >= 0.3 is 0 Å². The molecular formula is C17H19BrFNO. The first-order valence-corrected chi connectivity index (χ1v) is 7.69. The summed E-state index contributed by atoms with van der Waals surface area (Å²) in [5, 5.41) is 3.42. The lowest BCUT2D eigenvalue weighted by Gasteiger charge is -2.22. The summed E-state index contributed by atoms with van der Waals surface area (Å²) in [6.07, 6.45) is 0. The molecule has 0 radical (unpaired) electrons. The third-order valence-electron chi connectivity index (χ3n) is 3.47. The van der Waals surface area contributed by atoms with Crippen LogP contribution >= 0.6 is 15.9 Å². The van der Waals surface area contributed by atoms with Crippen LogP contribution in [-0.2, 0) is 0 Å². The summed E-state index contributed by atoms with van der Waals surface area (Å²) in [4.78, 5) is 0. The number of rotatable bonds is 5. The minimum Gasteiger partial charge on any atom is -0.496 e. The van der Waals surface area contributed by atoms with Crippen molar-refractivity contribution < 1.29 is 9.13 Å². The fourth-order valence-electron chi connectivity index (χ4n) is 2.40. The van der Waals surface area contributed by atoms with E-state index in [0.29, 0.717) is 0 Å². The second kappa shape index (κ2) is 7.05. The molecule has 112 valence electrons. The van der Waals surface area contributed by atoms with E-state index in [1.54, 1.807) is 13.2 Å². The highest BCUT2D eigenvalue weighted by molar-refractivity contribution is 9.10. The Balaban J connectivity index is 2.48. The molecule has 2 aromatic rings. The van der Waals surface area contributed by atoms with Gasteiger partial charge in [-0.25, -0.2) is 4.39 Å². The van der Waals surface area contributed by atoms with Gasteiger partial charge in [0.15, 0.2) is 0 Å². The molecule has 1 N–H and O–H groups in total. The van der Waals surface area contributed by atoms with Gasteiger partial charge in [0.1, 0.15) is 11.6 Å². The van der Waals surface area contributed by atoms with Crippen LogP contribution in [0.15, 0.2) is 40.9 Å². The maximum absolute atomic E-state index is 13.6. The first-order chi connectivity index (χ1) is 10.1. The van der Waals surface area contributed by atoms with Crippen LogP contribution in [0.3, 0.4) is 0 Å². The average Bonchev–Trinajstić information content (AvgIpc) is 2.47. The Bertz CT molecular complexity index is 630. The van der Waals surface area contributed by atoms with Gasteiger partial charge in [-0.1, -0.05) is 19.1 Å². The molecule has 0 aliphatic heterocycles. The highest BCUT2D eigenvalue weighted by Crippen LogP contribution is 2.32. The number of aryl methyl sites for hydroxylation is 1. The lowest BCUT2D eigenvalue weighted by atomic mass is 9.94. The van der Waals surface area contributed by atoms with Gasteiger partial charge in [0.05, 0.1) is 17.6 Å². The van der Waals surface area contributed by atoms with Crippen molar-refractivity contribution in [3.63, 3.8) is 0 Å². The number of benzene rings is 2. The van der Waals surface area contributed by atoms with E-state index in [0.717, 1.165) is 33.5 Å². The molecular weight excluding hydrogens is 333 g/mol. The van der Waals surface area contributed by atoms with Gasteiger partial charge < -0.3 is 10.1 Å². The van der Waals surface area contributed by atoms with E-state index < -0.39 is 0 Å². The number of hydrogen-bond acceptors (Lipinski definition) is 2. The van der Waals surface area contributed by atoms with Crippen molar-refractivity contribution in [2.75, 3.05) is 13.7 Å². The Morgan fingerprint density at radius 2 is 2.00 bits per heavy atom. The molecule has 2 aromatic carbocycles. The zero-order valence-electron chi connectivity index (χ0n) is 12.4. The maximum Gasteiger partial charge on any atom is 0.133 e. The van der Waals surface area contributed by atoms with E-state index in [1.807, 2.05) is 38.1 Å². The van der Waals surface area contributed by atoms with Crippen molar-refractivity contribution in [1.29, 1.82) is 0 Å². The SMILES string of the molecule is CCNC(c1ccc(OC)c(Br)c1)c1cc(F)ccc1C. The predicted octanol–water partition coefficient (Wildman–Crippen LogP) is 4.60. The second-order valence-electron chi connectivity index (χ2n) is 4.89. The van der Waals surface area contributed by atoms with E-state index in [2.05, 4.69) is 21.2 Å². The third kappa shape index (κ3) is 3.63. The summed E-state index contributed by atoms with van der Waals surface area (Å²) < 4.78 is 19.8. The van der Waals surface area contributed by atoms with E-state index in [9.17, 15) is 4.39 Å². The van der Waals surface area contributed by atoms with Gasteiger partial charge in [-0.2, -0.15) is 0 Å². The van der Waals surface area contributed by atoms with Crippen LogP contribution < -0.4 is 10.1 Å². The topological polar surface area (TPSA) is 21.3 Å². The summed E-state index contributed by atoms with van der Waals surface area (Å²) in [7, 11) is 1.64. The van der Waals surface area contributed by atoms with Crippen molar-refractivity contribution in [3.8, 4) is 5.75 Å². The van der Waals surface area contributed by atoms with Crippen LogP contribution in [0.4, 0.5) is 4.39 Å². The van der Waals surface area contributed by atoms with Crippen molar-refractivity contribution in [2.24, 2.45) is 0 Å². The molecule has 4 heteroatoms. The molecule has 1 unspecified atom stereocenters. The molecule has 0 aliphatic carbocycles. The standard InChI is InChI=1S/C17H19BrFNO/c1-4-20-17(14-10-13(19)7-5-11(14)2)12-6-8-16(21-3)15(18)9-12/h5-10,17,20H,4H2,1-3H3. The largest absolute Gasteiger partial charge is 0.496 e. The summed E-state index contributed by atoms with van der Waals surface area (Å²) in [6.45, 7) is 4.84. The summed E-state index contributed by atoms with van der Waals surface area (Å²) >= 11 is 3.51. The van der Waals surface area contributed by atoms with Crippen LogP contribution in [-0.4, -0.2) is 13.7 Å². The quantitative estimate of drug-likeness (QED) is 0.849. The Morgan fingerprint density at radius 1 is 1.24 bits per heavy atom. The van der Waals surface area contributed by atoms with Crippen LogP contribution in [0.2, 0.25) is 0 Å². The number of methoxy groups -OCH3 is 1. The van der Waals surface area contributed by atoms with E-state index in [-0.39, 0.29) is 11.9 Å². The lowest BCUT2D eigenvalue weighted by molar-refractivity contribution is 0.411. The van der Waals surface area contributed by atoms with Gasteiger partial charge in [-0.3, -0.25) is 0 Å². The fourth-order valence-corrected chi connectivity index (χ4v) is 2.95. The van der Waals surface area contributed by atoms with Gasteiger partial charge in [0.25, 0.3) is 0 Å². The zero-order chi connectivity index (χ0) is 15.4. The number of nitrogens with one attached hydrogen (secondary N) is 1. The van der Waals surface area contributed by atoms with Crippen LogP contribution in [0.25, 0.3) is 0 Å². The van der Waals surface area contributed by atoms with Gasteiger partial charge in [0, 0.05) is 0 Å². The lowest BCUT2D eigenvalue weighted by Crippen LogP contribution is -2.23. The molecule has 0 saturated carbocycles. The zero-order valence-corrected chi connectivity index (χ0v) is 14.0. The van der Waals surface area contributed by atoms with Crippen molar-refractivity contribution in [2.45, 2.75) is 19.9 Å². The molecule has 0 bridgehead atoms. The summed E-state index contributed by atoms with van der Waals surface area (Å²) in [6, 6.07) is 10.8. The fraction of sp³-hybridized carbons (Fsp3) is 0.294. The van der Waals surface area contributed by atoms with Gasteiger partial charge in [-0.05, 0) is 70.4 Å². The molecule has 0 heterocycles. The van der Waals surface area contributed by atoms with Crippen molar-refractivity contribution in [3.05, 3.63) is 63.4 Å². The second-order valence-corrected chi connectivity index (χ2v) is 5.74. The number of hydrogen-bond donors (Lipinski definition) is 1. The van der Waals surface area contributed by atoms with Gasteiger partial charge in [0.2, 0.25) is 0 Å². The normalized spacial score (nSPS) is 12.2. The molecule has 0 aromatic heterocycles. The smallest absolute Gasteiger partial charge is 0.133 e. The van der Waals surface area contributed by atoms with Gasteiger partial charge in [-0.15, -0.1) is 0 Å². The molecule has 2 nitrogen and oxygen atoms in total. The van der Waals surface area contributed by atoms with Crippen molar-refractivity contribution in [1.82, 2.24) is 5.32 Å². The Kier molecular flexibility index (Phi) is 5.37. The molecule has 0 spiro atoms.